The first kappa shape index (κ1) is 13.8. The molecule has 3 saturated heterocycles. The van der Waals surface area contributed by atoms with Gasteiger partial charge in [-0.15, -0.1) is 0 Å². The average molecular weight is 302 g/mol. The molecule has 1 aromatic rings. The van der Waals surface area contributed by atoms with Gasteiger partial charge in [-0.3, -0.25) is 24.4 Å². The molecule has 22 heavy (non-hydrogen) atoms. The predicted molar refractivity (Wildman–Crippen MR) is 76.5 cm³/mol. The van der Waals surface area contributed by atoms with Crippen molar-refractivity contribution in [3.05, 3.63) is 30.1 Å². The Kier molecular flexibility index (Phi) is 3.04. The molecule has 0 radical (unpaired) electrons. The molecule has 4 heterocycles. The Morgan fingerprint density at radius 3 is 2.86 bits per heavy atom. The zero-order chi connectivity index (χ0) is 15.3. The fraction of sp³-hybridized carbons (Fsp3) is 0.533. The minimum atomic E-state index is -0.668. The lowest BCUT2D eigenvalue weighted by Gasteiger charge is -2.54. The van der Waals surface area contributed by atoms with Gasteiger partial charge in [-0.25, -0.2) is 0 Å². The lowest BCUT2D eigenvalue weighted by atomic mass is 9.84. The average Bonchev–Trinajstić information content (AvgIpc) is 2.85. The van der Waals surface area contributed by atoms with Gasteiger partial charge in [-0.05, 0) is 18.1 Å². The van der Waals surface area contributed by atoms with Crippen LogP contribution in [0.2, 0.25) is 0 Å². The summed E-state index contributed by atoms with van der Waals surface area (Å²) in [6.07, 6.45) is 3.19. The first-order valence-electron chi connectivity index (χ1n) is 7.52. The van der Waals surface area contributed by atoms with Crippen LogP contribution in [0.1, 0.15) is 12.0 Å². The Morgan fingerprint density at radius 2 is 2.23 bits per heavy atom. The van der Waals surface area contributed by atoms with Crippen molar-refractivity contribution in [2.24, 2.45) is 0 Å². The largest absolute Gasteiger partial charge is 0.392 e. The van der Waals surface area contributed by atoms with Crippen molar-refractivity contribution < 1.29 is 14.7 Å². The van der Waals surface area contributed by atoms with Crippen molar-refractivity contribution in [1.29, 1.82) is 0 Å². The normalized spacial score (nSPS) is 30.5. The molecule has 3 aliphatic rings. The van der Waals surface area contributed by atoms with Crippen molar-refractivity contribution >= 4 is 11.8 Å². The van der Waals surface area contributed by atoms with E-state index in [1.165, 1.54) is 4.90 Å². The first-order valence-corrected chi connectivity index (χ1v) is 7.52. The lowest BCUT2D eigenvalue weighted by molar-refractivity contribution is -0.171. The molecule has 2 atom stereocenters. The lowest BCUT2D eigenvalue weighted by Crippen LogP contribution is -2.80. The number of aromatic nitrogens is 1. The number of nitrogens with one attached hydrogen (secondary N) is 1. The molecule has 0 aromatic carbocycles. The summed E-state index contributed by atoms with van der Waals surface area (Å²) in [5.41, 5.74) is 0.164. The van der Waals surface area contributed by atoms with E-state index in [-0.39, 0.29) is 18.4 Å². The summed E-state index contributed by atoms with van der Waals surface area (Å²) in [5.74, 6) is -0.367. The summed E-state index contributed by atoms with van der Waals surface area (Å²) in [6, 6.07) is 3.25. The highest BCUT2D eigenvalue weighted by Gasteiger charge is 2.61. The van der Waals surface area contributed by atoms with Crippen molar-refractivity contribution in [3.63, 3.8) is 0 Å². The summed E-state index contributed by atoms with van der Waals surface area (Å²) < 4.78 is 0. The van der Waals surface area contributed by atoms with E-state index in [9.17, 15) is 14.7 Å². The molecule has 0 aliphatic carbocycles. The van der Waals surface area contributed by atoms with Gasteiger partial charge in [-0.1, -0.05) is 6.07 Å². The highest BCUT2D eigenvalue weighted by molar-refractivity contribution is 6.06. The SMILES string of the molecule is O=C1[C@@H]2C[C@@H](O)CN2C2(CNC2)C(=O)N1Cc1cccnc1. The molecular weight excluding hydrogens is 284 g/mol. The number of carbonyl (C=O) groups is 2. The topological polar surface area (TPSA) is 85.8 Å². The zero-order valence-corrected chi connectivity index (χ0v) is 12.1. The Morgan fingerprint density at radius 1 is 1.41 bits per heavy atom. The van der Waals surface area contributed by atoms with Gasteiger partial charge in [0.05, 0.1) is 18.7 Å². The molecule has 3 aliphatic heterocycles. The second-order valence-corrected chi connectivity index (χ2v) is 6.28. The molecule has 0 unspecified atom stereocenters. The van der Waals surface area contributed by atoms with Crippen LogP contribution in [-0.2, 0) is 16.1 Å². The number of fused-ring (bicyclic) bond motifs is 2. The number of β-amino-alcohol motifs (C(OH)–C–C–N with tert-alkyl or cyclic N) is 1. The third-order valence-corrected chi connectivity index (χ3v) is 4.92. The number of piperazine rings is 1. The number of rotatable bonds is 2. The third-order valence-electron chi connectivity index (χ3n) is 4.92. The van der Waals surface area contributed by atoms with E-state index in [1.807, 2.05) is 11.0 Å². The highest BCUT2D eigenvalue weighted by Crippen LogP contribution is 2.37. The fourth-order valence-electron chi connectivity index (χ4n) is 3.72. The van der Waals surface area contributed by atoms with E-state index in [4.69, 9.17) is 0 Å². The maximum absolute atomic E-state index is 12.9. The standard InChI is InChI=1S/C15H18N4O3/c20-11-4-12-13(21)18(6-10-2-1-3-16-5-10)14(22)15(8-17-9-15)19(12)7-11/h1-3,5,11-12,17,20H,4,6-9H2/t11-,12+/m1/s1. The van der Waals surface area contributed by atoms with E-state index in [2.05, 4.69) is 10.3 Å². The van der Waals surface area contributed by atoms with Crippen molar-refractivity contribution in [3.8, 4) is 0 Å². The van der Waals surface area contributed by atoms with Gasteiger partial charge in [0.2, 0.25) is 5.91 Å². The molecule has 116 valence electrons. The summed E-state index contributed by atoms with van der Waals surface area (Å²) >= 11 is 0. The molecule has 7 nitrogen and oxygen atoms in total. The molecule has 2 amide bonds. The van der Waals surface area contributed by atoms with Gasteiger partial charge in [0, 0.05) is 32.0 Å². The predicted octanol–water partition coefficient (Wildman–Crippen LogP) is -1.27. The minimum absolute atomic E-state index is 0.162. The third kappa shape index (κ3) is 1.83. The van der Waals surface area contributed by atoms with Gasteiger partial charge in [-0.2, -0.15) is 0 Å². The van der Waals surface area contributed by atoms with E-state index in [1.54, 1.807) is 18.5 Å². The van der Waals surface area contributed by atoms with E-state index in [0.717, 1.165) is 5.56 Å². The Hall–Kier alpha value is -1.83. The quantitative estimate of drug-likeness (QED) is 0.663. The van der Waals surface area contributed by atoms with Crippen LogP contribution >= 0.6 is 0 Å². The monoisotopic (exact) mass is 302 g/mol. The minimum Gasteiger partial charge on any atom is -0.392 e. The maximum atomic E-state index is 12.9. The summed E-state index contributed by atoms with van der Waals surface area (Å²) in [7, 11) is 0. The summed E-state index contributed by atoms with van der Waals surface area (Å²) in [6.45, 7) is 1.70. The van der Waals surface area contributed by atoms with Crippen LogP contribution in [0, 0.1) is 0 Å². The van der Waals surface area contributed by atoms with Crippen LogP contribution in [0.15, 0.2) is 24.5 Å². The van der Waals surface area contributed by atoms with E-state index >= 15 is 0 Å². The number of hydrogen-bond donors (Lipinski definition) is 2. The molecule has 3 fully saturated rings. The van der Waals surface area contributed by atoms with Gasteiger partial charge in [0.25, 0.3) is 5.91 Å². The van der Waals surface area contributed by atoms with Gasteiger partial charge < -0.3 is 10.4 Å². The Balaban J connectivity index is 1.67. The molecule has 1 aromatic heterocycles. The Bertz CT molecular complexity index is 616. The number of pyridine rings is 1. The Labute approximate surface area is 127 Å². The molecular formula is C15H18N4O3. The molecule has 0 saturated carbocycles. The smallest absolute Gasteiger partial charge is 0.252 e. The maximum Gasteiger partial charge on any atom is 0.252 e. The first-order chi connectivity index (χ1) is 10.6. The van der Waals surface area contributed by atoms with Crippen LogP contribution in [-0.4, -0.2) is 69.0 Å². The van der Waals surface area contributed by atoms with Crippen LogP contribution in [0.5, 0.6) is 0 Å². The number of aliphatic hydroxyl groups excluding tert-OH is 1. The van der Waals surface area contributed by atoms with Gasteiger partial charge in [0.15, 0.2) is 0 Å². The number of amides is 2. The molecule has 2 N–H and O–H groups in total. The van der Waals surface area contributed by atoms with E-state index < -0.39 is 17.7 Å². The van der Waals surface area contributed by atoms with Gasteiger partial charge >= 0.3 is 0 Å². The number of carbonyl (C=O) groups excluding carboxylic acids is 2. The molecule has 7 heteroatoms. The summed E-state index contributed by atoms with van der Waals surface area (Å²) in [5, 5.41) is 13.1. The molecule has 4 rings (SSSR count). The number of nitrogens with zero attached hydrogens (tertiary/aromatic N) is 3. The molecule has 1 spiro atoms. The van der Waals surface area contributed by atoms with Crippen LogP contribution < -0.4 is 5.32 Å². The van der Waals surface area contributed by atoms with E-state index in [0.29, 0.717) is 26.1 Å². The van der Waals surface area contributed by atoms with Gasteiger partial charge in [0.1, 0.15) is 5.54 Å². The van der Waals surface area contributed by atoms with Crippen molar-refractivity contribution in [2.75, 3.05) is 19.6 Å². The van der Waals surface area contributed by atoms with Crippen molar-refractivity contribution in [2.45, 2.75) is 30.7 Å². The second kappa shape index (κ2) is 4.84. The zero-order valence-electron chi connectivity index (χ0n) is 12.1. The number of aliphatic hydroxyl groups is 1. The van der Waals surface area contributed by atoms with Crippen LogP contribution in [0.25, 0.3) is 0 Å². The van der Waals surface area contributed by atoms with Crippen LogP contribution in [0.3, 0.4) is 0 Å². The highest BCUT2D eigenvalue weighted by atomic mass is 16.3. The summed E-state index contributed by atoms with van der Waals surface area (Å²) in [4.78, 5) is 32.9. The number of hydrogen-bond acceptors (Lipinski definition) is 6. The van der Waals surface area contributed by atoms with Crippen molar-refractivity contribution in [1.82, 2.24) is 20.1 Å². The fourth-order valence-corrected chi connectivity index (χ4v) is 3.72. The van der Waals surface area contributed by atoms with Crippen LogP contribution in [0.4, 0.5) is 0 Å². The molecule has 0 bridgehead atoms. The second-order valence-electron chi connectivity index (χ2n) is 6.28. The number of imide groups is 1.